The second-order valence-corrected chi connectivity index (χ2v) is 9.07. The SMILES string of the molecule is Cc1ccc(N2C(=O)C(Cl)=C(N3CCN(C(c4ccccc4)c4ccccc4)CC3)C2=O)cc1. The van der Waals surface area contributed by atoms with Gasteiger partial charge >= 0.3 is 0 Å². The highest BCUT2D eigenvalue weighted by Gasteiger charge is 2.42. The number of hydrogen-bond acceptors (Lipinski definition) is 4. The first-order valence-corrected chi connectivity index (χ1v) is 11.9. The zero-order valence-corrected chi connectivity index (χ0v) is 19.8. The first-order valence-electron chi connectivity index (χ1n) is 11.5. The van der Waals surface area contributed by atoms with E-state index in [9.17, 15) is 9.59 Å². The molecule has 172 valence electrons. The fourth-order valence-corrected chi connectivity index (χ4v) is 5.07. The maximum absolute atomic E-state index is 13.3. The molecule has 2 amide bonds. The summed E-state index contributed by atoms with van der Waals surface area (Å²) in [5, 5.41) is 0.00157. The van der Waals surface area contributed by atoms with Crippen molar-refractivity contribution in [1.29, 1.82) is 0 Å². The summed E-state index contributed by atoms with van der Waals surface area (Å²) >= 11 is 6.44. The molecule has 6 heteroatoms. The molecule has 5 rings (SSSR count). The maximum Gasteiger partial charge on any atom is 0.283 e. The van der Waals surface area contributed by atoms with Crippen LogP contribution in [-0.4, -0.2) is 47.8 Å². The van der Waals surface area contributed by atoms with Gasteiger partial charge in [0.25, 0.3) is 11.8 Å². The van der Waals surface area contributed by atoms with Gasteiger partial charge in [-0.2, -0.15) is 0 Å². The van der Waals surface area contributed by atoms with Crippen LogP contribution in [0.1, 0.15) is 22.7 Å². The highest BCUT2D eigenvalue weighted by Crippen LogP contribution is 2.34. The highest BCUT2D eigenvalue weighted by atomic mass is 35.5. The number of amides is 2. The topological polar surface area (TPSA) is 43.9 Å². The molecule has 0 aromatic heterocycles. The fourth-order valence-electron chi connectivity index (χ4n) is 4.78. The van der Waals surface area contributed by atoms with Crippen molar-refractivity contribution in [3.63, 3.8) is 0 Å². The van der Waals surface area contributed by atoms with Crippen LogP contribution in [0.3, 0.4) is 0 Å². The van der Waals surface area contributed by atoms with E-state index in [0.29, 0.717) is 24.5 Å². The number of benzene rings is 3. The predicted octanol–water partition coefficient (Wildman–Crippen LogP) is 4.73. The lowest BCUT2D eigenvalue weighted by Crippen LogP contribution is -2.48. The van der Waals surface area contributed by atoms with Crippen LogP contribution in [0.25, 0.3) is 0 Å². The quantitative estimate of drug-likeness (QED) is 0.505. The van der Waals surface area contributed by atoms with Crippen LogP contribution in [0.2, 0.25) is 0 Å². The molecule has 0 bridgehead atoms. The summed E-state index contributed by atoms with van der Waals surface area (Å²) < 4.78 is 0. The van der Waals surface area contributed by atoms with E-state index in [4.69, 9.17) is 11.6 Å². The molecular weight excluding hydrogens is 446 g/mol. The first kappa shape index (κ1) is 22.4. The molecule has 3 aromatic rings. The number of piperazine rings is 1. The van der Waals surface area contributed by atoms with E-state index in [2.05, 4.69) is 53.4 Å². The number of halogens is 1. The first-order chi connectivity index (χ1) is 16.5. The summed E-state index contributed by atoms with van der Waals surface area (Å²) in [6, 6.07) is 28.4. The molecule has 0 unspecified atom stereocenters. The van der Waals surface area contributed by atoms with Crippen molar-refractivity contribution in [2.75, 3.05) is 31.1 Å². The normalized spacial score (nSPS) is 17.3. The van der Waals surface area contributed by atoms with Gasteiger partial charge in [-0.15, -0.1) is 0 Å². The minimum Gasteiger partial charge on any atom is -0.363 e. The van der Waals surface area contributed by atoms with Gasteiger partial charge in [0.1, 0.15) is 10.7 Å². The standard InChI is InChI=1S/C28H26ClN3O2/c1-20-12-14-23(15-13-20)32-27(33)24(29)26(28(32)34)31-18-16-30(17-19-31)25(21-8-4-2-5-9-21)22-10-6-3-7-11-22/h2-15,25H,16-19H2,1H3. The smallest absolute Gasteiger partial charge is 0.283 e. The minimum absolute atomic E-state index is 0.00157. The van der Waals surface area contributed by atoms with E-state index >= 15 is 0 Å². The number of nitrogens with zero attached hydrogens (tertiary/aromatic N) is 3. The van der Waals surface area contributed by atoms with Crippen molar-refractivity contribution in [2.24, 2.45) is 0 Å². The summed E-state index contributed by atoms with van der Waals surface area (Å²) in [4.78, 5) is 31.7. The molecule has 5 nitrogen and oxygen atoms in total. The van der Waals surface area contributed by atoms with Gasteiger partial charge in [0.05, 0.1) is 11.7 Å². The number of imide groups is 1. The number of aryl methyl sites for hydroxylation is 1. The van der Waals surface area contributed by atoms with Crippen LogP contribution in [-0.2, 0) is 9.59 Å². The Labute approximate surface area is 204 Å². The molecule has 3 aromatic carbocycles. The van der Waals surface area contributed by atoms with Crippen LogP contribution >= 0.6 is 11.6 Å². The van der Waals surface area contributed by atoms with Gasteiger partial charge in [0.15, 0.2) is 0 Å². The van der Waals surface area contributed by atoms with Crippen LogP contribution in [0.4, 0.5) is 5.69 Å². The van der Waals surface area contributed by atoms with Crippen molar-refractivity contribution >= 4 is 29.1 Å². The Morgan fingerprint density at radius 2 is 1.24 bits per heavy atom. The number of carbonyl (C=O) groups is 2. The Kier molecular flexibility index (Phi) is 6.22. The van der Waals surface area contributed by atoms with Gasteiger partial charge < -0.3 is 4.90 Å². The summed E-state index contributed by atoms with van der Waals surface area (Å²) in [5.41, 5.74) is 4.38. The molecule has 2 aliphatic heterocycles. The van der Waals surface area contributed by atoms with Crippen molar-refractivity contribution in [1.82, 2.24) is 9.80 Å². The van der Waals surface area contributed by atoms with Gasteiger partial charge in [0.2, 0.25) is 0 Å². The van der Waals surface area contributed by atoms with E-state index in [1.165, 1.54) is 16.0 Å². The van der Waals surface area contributed by atoms with Crippen LogP contribution in [0.5, 0.6) is 0 Å². The molecule has 0 atom stereocenters. The maximum atomic E-state index is 13.3. The summed E-state index contributed by atoms with van der Waals surface area (Å²) in [7, 11) is 0. The lowest BCUT2D eigenvalue weighted by Gasteiger charge is -2.40. The van der Waals surface area contributed by atoms with Crippen LogP contribution < -0.4 is 4.90 Å². The zero-order valence-electron chi connectivity index (χ0n) is 19.0. The third kappa shape index (κ3) is 4.13. The van der Waals surface area contributed by atoms with Gasteiger partial charge in [-0.1, -0.05) is 90.0 Å². The van der Waals surface area contributed by atoms with E-state index in [-0.39, 0.29) is 17.0 Å². The van der Waals surface area contributed by atoms with Crippen molar-refractivity contribution in [3.8, 4) is 0 Å². The Balaban J connectivity index is 1.35. The van der Waals surface area contributed by atoms with Gasteiger partial charge in [-0.3, -0.25) is 14.5 Å². The van der Waals surface area contributed by atoms with E-state index in [1.807, 2.05) is 36.1 Å². The van der Waals surface area contributed by atoms with E-state index in [1.54, 1.807) is 12.1 Å². The Morgan fingerprint density at radius 3 is 1.76 bits per heavy atom. The van der Waals surface area contributed by atoms with Crippen LogP contribution in [0.15, 0.2) is 95.7 Å². The molecule has 2 heterocycles. The molecular formula is C28H26ClN3O2. The Morgan fingerprint density at radius 1 is 0.706 bits per heavy atom. The average molecular weight is 472 g/mol. The molecule has 0 saturated carbocycles. The van der Waals surface area contributed by atoms with Crippen molar-refractivity contribution < 1.29 is 9.59 Å². The average Bonchev–Trinajstić information content (AvgIpc) is 3.09. The Bertz CT molecular complexity index is 1180. The third-order valence-electron chi connectivity index (χ3n) is 6.52. The molecule has 0 N–H and O–H groups in total. The lowest BCUT2D eigenvalue weighted by molar-refractivity contribution is -0.121. The number of carbonyl (C=O) groups excluding carboxylic acids is 2. The number of anilines is 1. The largest absolute Gasteiger partial charge is 0.363 e. The molecule has 2 aliphatic rings. The van der Waals surface area contributed by atoms with Crippen LogP contribution in [0, 0.1) is 6.92 Å². The van der Waals surface area contributed by atoms with Crippen molar-refractivity contribution in [3.05, 3.63) is 112 Å². The highest BCUT2D eigenvalue weighted by molar-refractivity contribution is 6.52. The predicted molar refractivity (Wildman–Crippen MR) is 134 cm³/mol. The summed E-state index contributed by atoms with van der Waals surface area (Å²) in [6.45, 7) is 4.68. The van der Waals surface area contributed by atoms with Gasteiger partial charge in [-0.25, -0.2) is 4.90 Å². The van der Waals surface area contributed by atoms with E-state index in [0.717, 1.165) is 18.7 Å². The third-order valence-corrected chi connectivity index (χ3v) is 6.86. The molecule has 1 saturated heterocycles. The zero-order chi connectivity index (χ0) is 23.7. The Hall–Kier alpha value is -3.41. The summed E-state index contributed by atoms with van der Waals surface area (Å²) in [5.74, 6) is -0.811. The lowest BCUT2D eigenvalue weighted by atomic mass is 9.96. The summed E-state index contributed by atoms with van der Waals surface area (Å²) in [6.07, 6.45) is 0. The second-order valence-electron chi connectivity index (χ2n) is 8.69. The number of rotatable bonds is 5. The second kappa shape index (κ2) is 9.45. The monoisotopic (exact) mass is 471 g/mol. The van der Waals surface area contributed by atoms with Gasteiger partial charge in [0, 0.05) is 26.2 Å². The molecule has 0 spiro atoms. The van der Waals surface area contributed by atoms with E-state index < -0.39 is 5.91 Å². The van der Waals surface area contributed by atoms with Crippen molar-refractivity contribution in [2.45, 2.75) is 13.0 Å². The number of hydrogen-bond donors (Lipinski definition) is 0. The molecule has 0 radical (unpaired) electrons. The molecule has 0 aliphatic carbocycles. The fraction of sp³-hybridized carbons (Fsp3) is 0.214. The minimum atomic E-state index is -0.459. The molecule has 1 fully saturated rings. The molecule has 34 heavy (non-hydrogen) atoms. The van der Waals surface area contributed by atoms with Gasteiger partial charge in [-0.05, 0) is 30.2 Å².